The first-order chi connectivity index (χ1) is 10.3. The third-order valence-electron chi connectivity index (χ3n) is 3.68. The minimum absolute atomic E-state index is 0.323. The van der Waals surface area contributed by atoms with E-state index in [-0.39, 0.29) is 6.29 Å². The number of rotatable bonds is 5. The van der Waals surface area contributed by atoms with Crippen LogP contribution in [0.4, 0.5) is 0 Å². The van der Waals surface area contributed by atoms with E-state index in [0.717, 1.165) is 5.56 Å². The van der Waals surface area contributed by atoms with E-state index in [9.17, 15) is 0 Å². The smallest absolute Gasteiger partial charge is 0.184 e. The lowest BCUT2D eigenvalue weighted by Gasteiger charge is -2.21. The van der Waals surface area contributed by atoms with Gasteiger partial charge in [0.15, 0.2) is 6.29 Å². The lowest BCUT2D eigenvalue weighted by Crippen LogP contribution is -2.10. The molecule has 3 rings (SSSR count). The standard InChI is InChI=1S/C19H20O2/c1-3-20-19(21-4-2)18-16-11-7-5-9-14(16)13-15-10-6-8-12-17(15)18/h5-13,19H,3-4H2,1-2H3. The molecule has 0 amide bonds. The predicted octanol–water partition coefficient (Wildman–Crippen LogP) is 5.06. The van der Waals surface area contributed by atoms with Crippen LogP contribution in [0.2, 0.25) is 0 Å². The van der Waals surface area contributed by atoms with Crippen molar-refractivity contribution < 1.29 is 9.47 Å². The van der Waals surface area contributed by atoms with Gasteiger partial charge in [0.25, 0.3) is 0 Å². The number of hydrogen-bond donors (Lipinski definition) is 0. The van der Waals surface area contributed by atoms with Gasteiger partial charge in [-0.3, -0.25) is 0 Å². The SMILES string of the molecule is CCOC(OCC)c1c2ccccc2cc2ccccc12. The van der Waals surface area contributed by atoms with E-state index in [0.29, 0.717) is 13.2 Å². The molecular weight excluding hydrogens is 260 g/mol. The molecule has 21 heavy (non-hydrogen) atoms. The fourth-order valence-electron chi connectivity index (χ4n) is 2.82. The van der Waals surface area contributed by atoms with Crippen LogP contribution in [-0.2, 0) is 9.47 Å². The van der Waals surface area contributed by atoms with E-state index >= 15 is 0 Å². The molecule has 0 atom stereocenters. The highest BCUT2D eigenvalue weighted by molar-refractivity contribution is 6.02. The van der Waals surface area contributed by atoms with Crippen molar-refractivity contribution in [1.82, 2.24) is 0 Å². The molecule has 2 heteroatoms. The zero-order valence-electron chi connectivity index (χ0n) is 12.5. The molecule has 0 aliphatic carbocycles. The molecule has 0 bridgehead atoms. The Balaban J connectivity index is 2.33. The molecule has 2 nitrogen and oxygen atoms in total. The number of benzene rings is 3. The average Bonchev–Trinajstić information content (AvgIpc) is 2.52. The predicted molar refractivity (Wildman–Crippen MR) is 87.4 cm³/mol. The van der Waals surface area contributed by atoms with E-state index in [4.69, 9.17) is 9.47 Å². The Morgan fingerprint density at radius 1 is 0.762 bits per heavy atom. The molecule has 0 aromatic heterocycles. The van der Waals surface area contributed by atoms with Crippen LogP contribution >= 0.6 is 0 Å². The Labute approximate surface area is 125 Å². The summed E-state index contributed by atoms with van der Waals surface area (Å²) >= 11 is 0. The second-order valence-electron chi connectivity index (χ2n) is 4.98. The van der Waals surface area contributed by atoms with Crippen molar-refractivity contribution in [3.8, 4) is 0 Å². The van der Waals surface area contributed by atoms with Gasteiger partial charge in [-0.2, -0.15) is 0 Å². The minimum Gasteiger partial charge on any atom is -0.349 e. The van der Waals surface area contributed by atoms with Gasteiger partial charge in [-0.05, 0) is 41.5 Å². The van der Waals surface area contributed by atoms with Crippen LogP contribution in [0, 0.1) is 0 Å². The van der Waals surface area contributed by atoms with Gasteiger partial charge >= 0.3 is 0 Å². The van der Waals surface area contributed by atoms with Gasteiger partial charge in [-0.15, -0.1) is 0 Å². The summed E-state index contributed by atoms with van der Waals surface area (Å²) < 4.78 is 11.7. The van der Waals surface area contributed by atoms with Crippen LogP contribution in [0.25, 0.3) is 21.5 Å². The highest BCUT2D eigenvalue weighted by Crippen LogP contribution is 2.34. The molecule has 0 radical (unpaired) electrons. The first-order valence-corrected chi connectivity index (χ1v) is 7.48. The normalized spacial score (nSPS) is 11.6. The van der Waals surface area contributed by atoms with Crippen LogP contribution in [0.5, 0.6) is 0 Å². The summed E-state index contributed by atoms with van der Waals surface area (Å²) in [5.41, 5.74) is 1.13. The van der Waals surface area contributed by atoms with Gasteiger partial charge in [-0.1, -0.05) is 48.5 Å². The van der Waals surface area contributed by atoms with Crippen molar-refractivity contribution in [3.63, 3.8) is 0 Å². The highest BCUT2D eigenvalue weighted by Gasteiger charge is 2.18. The summed E-state index contributed by atoms with van der Waals surface area (Å²) in [5.74, 6) is 0. The summed E-state index contributed by atoms with van der Waals surface area (Å²) in [6.45, 7) is 5.25. The Hall–Kier alpha value is -1.90. The number of fused-ring (bicyclic) bond motifs is 2. The monoisotopic (exact) mass is 280 g/mol. The van der Waals surface area contributed by atoms with Crippen LogP contribution in [0.3, 0.4) is 0 Å². The Kier molecular flexibility index (Phi) is 4.18. The van der Waals surface area contributed by atoms with Crippen LogP contribution < -0.4 is 0 Å². The average molecular weight is 280 g/mol. The molecule has 0 saturated heterocycles. The van der Waals surface area contributed by atoms with E-state index < -0.39 is 0 Å². The molecule has 0 unspecified atom stereocenters. The first kappa shape index (κ1) is 14.1. The summed E-state index contributed by atoms with van der Waals surface area (Å²) in [6.07, 6.45) is -0.323. The highest BCUT2D eigenvalue weighted by atomic mass is 16.7. The molecule has 0 spiro atoms. The van der Waals surface area contributed by atoms with Crippen molar-refractivity contribution in [1.29, 1.82) is 0 Å². The molecular formula is C19H20O2. The maximum Gasteiger partial charge on any atom is 0.184 e. The molecule has 0 aliphatic rings. The Morgan fingerprint density at radius 3 is 1.71 bits per heavy atom. The third kappa shape index (κ3) is 2.65. The molecule has 0 fully saturated rings. The van der Waals surface area contributed by atoms with Crippen LogP contribution in [0.1, 0.15) is 25.7 Å². The third-order valence-corrected chi connectivity index (χ3v) is 3.68. The Bertz CT molecular complexity index is 689. The van der Waals surface area contributed by atoms with Crippen LogP contribution in [0.15, 0.2) is 54.6 Å². The summed E-state index contributed by atoms with van der Waals surface area (Å²) in [7, 11) is 0. The van der Waals surface area contributed by atoms with Crippen molar-refractivity contribution in [3.05, 3.63) is 60.2 Å². The molecule has 3 aromatic rings. The van der Waals surface area contributed by atoms with Crippen molar-refractivity contribution in [2.45, 2.75) is 20.1 Å². The van der Waals surface area contributed by atoms with Gasteiger partial charge in [0.1, 0.15) is 0 Å². The maximum atomic E-state index is 5.86. The second-order valence-corrected chi connectivity index (χ2v) is 4.98. The largest absolute Gasteiger partial charge is 0.349 e. The number of hydrogen-bond acceptors (Lipinski definition) is 2. The molecule has 0 saturated carbocycles. The first-order valence-electron chi connectivity index (χ1n) is 7.48. The lowest BCUT2D eigenvalue weighted by atomic mass is 9.96. The fourth-order valence-corrected chi connectivity index (χ4v) is 2.82. The second kappa shape index (κ2) is 6.25. The lowest BCUT2D eigenvalue weighted by molar-refractivity contribution is -0.138. The van der Waals surface area contributed by atoms with E-state index in [1.165, 1.54) is 21.5 Å². The van der Waals surface area contributed by atoms with Gasteiger partial charge < -0.3 is 9.47 Å². The topological polar surface area (TPSA) is 18.5 Å². The van der Waals surface area contributed by atoms with E-state index in [1.807, 2.05) is 13.8 Å². The van der Waals surface area contributed by atoms with Crippen LogP contribution in [-0.4, -0.2) is 13.2 Å². The maximum absolute atomic E-state index is 5.86. The Morgan fingerprint density at radius 2 is 1.24 bits per heavy atom. The van der Waals surface area contributed by atoms with Gasteiger partial charge in [0.2, 0.25) is 0 Å². The fraction of sp³-hybridized carbons (Fsp3) is 0.263. The van der Waals surface area contributed by atoms with Gasteiger partial charge in [0, 0.05) is 18.8 Å². The quantitative estimate of drug-likeness (QED) is 0.480. The summed E-state index contributed by atoms with van der Waals surface area (Å²) in [5, 5.41) is 4.83. The molecule has 0 aliphatic heterocycles. The van der Waals surface area contributed by atoms with Crippen molar-refractivity contribution in [2.75, 3.05) is 13.2 Å². The zero-order chi connectivity index (χ0) is 14.7. The van der Waals surface area contributed by atoms with E-state index in [2.05, 4.69) is 54.6 Å². The van der Waals surface area contributed by atoms with E-state index in [1.54, 1.807) is 0 Å². The number of ether oxygens (including phenoxy) is 2. The van der Waals surface area contributed by atoms with Crippen molar-refractivity contribution >= 4 is 21.5 Å². The minimum atomic E-state index is -0.323. The molecule has 108 valence electrons. The zero-order valence-corrected chi connectivity index (χ0v) is 12.5. The van der Waals surface area contributed by atoms with Crippen molar-refractivity contribution in [2.24, 2.45) is 0 Å². The molecule has 0 N–H and O–H groups in total. The molecule has 3 aromatic carbocycles. The molecule has 0 heterocycles. The summed E-state index contributed by atoms with van der Waals surface area (Å²) in [6, 6.07) is 19.0. The van der Waals surface area contributed by atoms with Gasteiger partial charge in [0.05, 0.1) is 0 Å². The van der Waals surface area contributed by atoms with Gasteiger partial charge in [-0.25, -0.2) is 0 Å². The summed E-state index contributed by atoms with van der Waals surface area (Å²) in [4.78, 5) is 0.